The average molecular weight is 471 g/mol. The highest BCUT2D eigenvalue weighted by Gasteiger charge is 2.20. The molecule has 0 unspecified atom stereocenters. The maximum absolute atomic E-state index is 13.3. The molecule has 0 radical (unpaired) electrons. The second-order valence-electron chi connectivity index (χ2n) is 6.42. The van der Waals surface area contributed by atoms with Crippen molar-refractivity contribution in [3.8, 4) is 23.1 Å². The Hall–Kier alpha value is -3.06. The molecule has 3 aromatic rings. The molecule has 0 aliphatic carbocycles. The SMILES string of the molecule is CCN(Cc1ccc(OC)c(OC)c1)C(=O)c1cccnc1Oc1ccc(Br)cc1. The number of pyridine rings is 1. The van der Waals surface area contributed by atoms with E-state index in [9.17, 15) is 4.79 Å². The Morgan fingerprint density at radius 3 is 2.43 bits per heavy atom. The van der Waals surface area contributed by atoms with Crippen LogP contribution in [-0.2, 0) is 6.54 Å². The van der Waals surface area contributed by atoms with Crippen LogP contribution >= 0.6 is 15.9 Å². The van der Waals surface area contributed by atoms with E-state index >= 15 is 0 Å². The van der Waals surface area contributed by atoms with Crippen LogP contribution in [0.15, 0.2) is 65.3 Å². The summed E-state index contributed by atoms with van der Waals surface area (Å²) in [5.41, 5.74) is 1.34. The van der Waals surface area contributed by atoms with Crippen LogP contribution in [0.25, 0.3) is 0 Å². The van der Waals surface area contributed by atoms with Crippen molar-refractivity contribution in [1.82, 2.24) is 9.88 Å². The van der Waals surface area contributed by atoms with Gasteiger partial charge in [0.2, 0.25) is 5.88 Å². The second-order valence-corrected chi connectivity index (χ2v) is 7.34. The van der Waals surface area contributed by atoms with Crippen LogP contribution < -0.4 is 14.2 Å². The Labute approximate surface area is 184 Å². The Kier molecular flexibility index (Phi) is 7.30. The number of nitrogens with zero attached hydrogens (tertiary/aromatic N) is 2. The topological polar surface area (TPSA) is 60.9 Å². The first kappa shape index (κ1) is 21.6. The van der Waals surface area contributed by atoms with Crippen LogP contribution in [0.4, 0.5) is 0 Å². The van der Waals surface area contributed by atoms with Gasteiger partial charge in [-0.05, 0) is 61.0 Å². The van der Waals surface area contributed by atoms with E-state index in [-0.39, 0.29) is 11.8 Å². The monoisotopic (exact) mass is 470 g/mol. The van der Waals surface area contributed by atoms with Crippen LogP contribution in [-0.4, -0.2) is 36.6 Å². The number of ether oxygens (including phenoxy) is 3. The molecule has 0 aliphatic heterocycles. The van der Waals surface area contributed by atoms with Crippen LogP contribution in [0, 0.1) is 0 Å². The summed E-state index contributed by atoms with van der Waals surface area (Å²) in [6.07, 6.45) is 1.61. The fourth-order valence-electron chi connectivity index (χ4n) is 2.95. The predicted molar refractivity (Wildman–Crippen MR) is 118 cm³/mol. The molecule has 0 bridgehead atoms. The molecule has 7 heteroatoms. The van der Waals surface area contributed by atoms with Gasteiger partial charge >= 0.3 is 0 Å². The Morgan fingerprint density at radius 1 is 1.03 bits per heavy atom. The summed E-state index contributed by atoms with van der Waals surface area (Å²) >= 11 is 3.40. The Bertz CT molecular complexity index is 1010. The zero-order chi connectivity index (χ0) is 21.5. The summed E-state index contributed by atoms with van der Waals surface area (Å²) in [6, 6.07) is 16.4. The van der Waals surface area contributed by atoms with Gasteiger partial charge in [0.05, 0.1) is 14.2 Å². The average Bonchev–Trinajstić information content (AvgIpc) is 2.78. The van der Waals surface area contributed by atoms with Gasteiger partial charge in [0.15, 0.2) is 11.5 Å². The zero-order valence-corrected chi connectivity index (χ0v) is 18.7. The van der Waals surface area contributed by atoms with Crippen LogP contribution in [0.2, 0.25) is 0 Å². The van der Waals surface area contributed by atoms with Gasteiger partial charge in [-0.3, -0.25) is 4.79 Å². The minimum atomic E-state index is -0.160. The van der Waals surface area contributed by atoms with Gasteiger partial charge in [-0.25, -0.2) is 4.98 Å². The number of hydrogen-bond donors (Lipinski definition) is 0. The highest BCUT2D eigenvalue weighted by molar-refractivity contribution is 9.10. The van der Waals surface area contributed by atoms with Crippen molar-refractivity contribution in [3.63, 3.8) is 0 Å². The van der Waals surface area contributed by atoms with Gasteiger partial charge in [-0.15, -0.1) is 0 Å². The van der Waals surface area contributed by atoms with Crippen molar-refractivity contribution in [2.24, 2.45) is 0 Å². The maximum Gasteiger partial charge on any atom is 0.259 e. The van der Waals surface area contributed by atoms with Crippen LogP contribution in [0.5, 0.6) is 23.1 Å². The molecule has 3 rings (SSSR count). The molecule has 0 N–H and O–H groups in total. The number of amides is 1. The molecular weight excluding hydrogens is 448 g/mol. The van der Waals surface area contributed by atoms with Gasteiger partial charge in [0.1, 0.15) is 11.3 Å². The molecule has 0 fully saturated rings. The molecule has 2 aromatic carbocycles. The molecule has 1 amide bonds. The molecule has 0 saturated carbocycles. The summed E-state index contributed by atoms with van der Waals surface area (Å²) in [7, 11) is 3.18. The van der Waals surface area contributed by atoms with Crippen molar-refractivity contribution in [2.45, 2.75) is 13.5 Å². The molecule has 156 valence electrons. The van der Waals surface area contributed by atoms with Gasteiger partial charge < -0.3 is 19.1 Å². The highest BCUT2D eigenvalue weighted by atomic mass is 79.9. The highest BCUT2D eigenvalue weighted by Crippen LogP contribution is 2.29. The lowest BCUT2D eigenvalue weighted by Crippen LogP contribution is -2.30. The first-order valence-corrected chi connectivity index (χ1v) is 10.2. The van der Waals surface area contributed by atoms with E-state index < -0.39 is 0 Å². The number of methoxy groups -OCH3 is 2. The van der Waals surface area contributed by atoms with E-state index in [4.69, 9.17) is 14.2 Å². The van der Waals surface area contributed by atoms with E-state index in [1.54, 1.807) is 37.4 Å². The lowest BCUT2D eigenvalue weighted by atomic mass is 10.1. The predicted octanol–water partition coefficient (Wildman–Crippen LogP) is 5.32. The second kappa shape index (κ2) is 10.1. The molecular formula is C23H23BrN2O4. The third-order valence-electron chi connectivity index (χ3n) is 4.52. The Morgan fingerprint density at radius 2 is 1.77 bits per heavy atom. The molecule has 6 nitrogen and oxygen atoms in total. The van der Waals surface area contributed by atoms with E-state index in [1.165, 1.54) is 0 Å². The van der Waals surface area contributed by atoms with Gasteiger partial charge in [-0.1, -0.05) is 22.0 Å². The van der Waals surface area contributed by atoms with Crippen molar-refractivity contribution in [1.29, 1.82) is 0 Å². The smallest absolute Gasteiger partial charge is 0.259 e. The first-order chi connectivity index (χ1) is 14.5. The van der Waals surface area contributed by atoms with Crippen molar-refractivity contribution in [3.05, 3.63) is 76.4 Å². The minimum absolute atomic E-state index is 0.160. The van der Waals surface area contributed by atoms with E-state index in [0.29, 0.717) is 35.9 Å². The zero-order valence-electron chi connectivity index (χ0n) is 17.1. The quantitative estimate of drug-likeness (QED) is 0.445. The largest absolute Gasteiger partial charge is 0.493 e. The van der Waals surface area contributed by atoms with Gasteiger partial charge in [0, 0.05) is 23.8 Å². The summed E-state index contributed by atoms with van der Waals surface area (Å²) in [4.78, 5) is 19.3. The number of benzene rings is 2. The summed E-state index contributed by atoms with van der Waals surface area (Å²) in [6.45, 7) is 2.88. The summed E-state index contributed by atoms with van der Waals surface area (Å²) in [5, 5.41) is 0. The van der Waals surface area contributed by atoms with E-state index in [1.807, 2.05) is 49.4 Å². The molecule has 30 heavy (non-hydrogen) atoms. The molecule has 1 aromatic heterocycles. The number of hydrogen-bond acceptors (Lipinski definition) is 5. The molecule has 1 heterocycles. The number of rotatable bonds is 8. The maximum atomic E-state index is 13.3. The van der Waals surface area contributed by atoms with Crippen molar-refractivity contribution in [2.75, 3.05) is 20.8 Å². The lowest BCUT2D eigenvalue weighted by Gasteiger charge is -2.22. The molecule has 0 spiro atoms. The molecule has 0 atom stereocenters. The standard InChI is InChI=1S/C23H23BrN2O4/c1-4-26(15-16-7-12-20(28-2)21(14-16)29-3)23(27)19-6-5-13-25-22(19)30-18-10-8-17(24)9-11-18/h5-14H,4,15H2,1-3H3. The van der Waals surface area contributed by atoms with E-state index in [0.717, 1.165) is 10.0 Å². The number of aromatic nitrogens is 1. The first-order valence-electron chi connectivity index (χ1n) is 9.44. The molecule has 0 aliphatic rings. The minimum Gasteiger partial charge on any atom is -0.493 e. The number of carbonyl (C=O) groups is 1. The third kappa shape index (κ3) is 5.10. The van der Waals surface area contributed by atoms with Crippen molar-refractivity contribution < 1.29 is 19.0 Å². The summed E-state index contributed by atoms with van der Waals surface area (Å²) in [5.74, 6) is 1.99. The Balaban J connectivity index is 1.83. The molecule has 0 saturated heterocycles. The van der Waals surface area contributed by atoms with Gasteiger partial charge in [-0.2, -0.15) is 0 Å². The van der Waals surface area contributed by atoms with Gasteiger partial charge in [0.25, 0.3) is 5.91 Å². The van der Waals surface area contributed by atoms with Crippen LogP contribution in [0.1, 0.15) is 22.8 Å². The lowest BCUT2D eigenvalue weighted by molar-refractivity contribution is 0.0749. The summed E-state index contributed by atoms with van der Waals surface area (Å²) < 4.78 is 17.5. The number of halogens is 1. The van der Waals surface area contributed by atoms with Crippen LogP contribution in [0.3, 0.4) is 0 Å². The van der Waals surface area contributed by atoms with E-state index in [2.05, 4.69) is 20.9 Å². The number of carbonyl (C=O) groups excluding carboxylic acids is 1. The normalized spacial score (nSPS) is 10.4. The third-order valence-corrected chi connectivity index (χ3v) is 5.05. The van der Waals surface area contributed by atoms with Crippen molar-refractivity contribution >= 4 is 21.8 Å². The fourth-order valence-corrected chi connectivity index (χ4v) is 3.21. The fraction of sp³-hybridized carbons (Fsp3) is 0.217.